The van der Waals surface area contributed by atoms with Gasteiger partial charge < -0.3 is 9.84 Å². The van der Waals surface area contributed by atoms with Crippen LogP contribution in [0.25, 0.3) is 11.1 Å². The third kappa shape index (κ3) is 4.02. The van der Waals surface area contributed by atoms with Crippen molar-refractivity contribution in [2.24, 2.45) is 0 Å². The van der Waals surface area contributed by atoms with Crippen molar-refractivity contribution >= 4 is 0 Å². The highest BCUT2D eigenvalue weighted by atomic mass is 16.5. The molecule has 0 aliphatic carbocycles. The molecule has 0 spiro atoms. The Hall–Kier alpha value is -2.85. The monoisotopic (exact) mass is 374 g/mol. The Balaban J connectivity index is 1.57. The maximum Gasteiger partial charge on any atom is 0.165 e. The average Bonchev–Trinajstić information content (AvgIpc) is 2.91. The summed E-state index contributed by atoms with van der Waals surface area (Å²) in [5, 5.41) is 10.5. The van der Waals surface area contributed by atoms with Gasteiger partial charge in [0, 0.05) is 43.2 Å². The van der Waals surface area contributed by atoms with Gasteiger partial charge in [0.15, 0.2) is 11.5 Å². The summed E-state index contributed by atoms with van der Waals surface area (Å²) in [6, 6.07) is 16.6. The molecule has 0 unspecified atom stereocenters. The van der Waals surface area contributed by atoms with E-state index >= 15 is 0 Å². The highest BCUT2D eigenvalue weighted by molar-refractivity contribution is 5.68. The maximum absolute atomic E-state index is 10.5. The fourth-order valence-electron chi connectivity index (χ4n) is 3.65. The Morgan fingerprint density at radius 1 is 1.11 bits per heavy atom. The van der Waals surface area contributed by atoms with Crippen molar-refractivity contribution in [3.05, 3.63) is 77.6 Å². The fraction of sp³-hybridized carbons (Fsp3) is 0.292. The summed E-state index contributed by atoms with van der Waals surface area (Å²) in [4.78, 5) is 6.55. The first-order valence-electron chi connectivity index (χ1n) is 9.80. The van der Waals surface area contributed by atoms with Crippen LogP contribution in [-0.4, -0.2) is 28.1 Å². The Morgan fingerprint density at radius 2 is 1.93 bits per heavy atom. The molecular weight excluding hydrogens is 348 g/mol. The molecule has 4 rings (SSSR count). The van der Waals surface area contributed by atoms with Gasteiger partial charge in [-0.15, -0.1) is 0 Å². The van der Waals surface area contributed by atoms with Gasteiger partial charge in [-0.05, 0) is 40.8 Å². The van der Waals surface area contributed by atoms with Crippen LogP contribution in [0.4, 0.5) is 0 Å². The maximum atomic E-state index is 10.5. The number of aromatic hydroxyl groups is 1. The minimum atomic E-state index is 0.194. The Bertz CT molecular complexity index is 937. The minimum absolute atomic E-state index is 0.194. The number of aromatic nitrogens is 1. The molecule has 4 nitrogen and oxygen atoms in total. The molecule has 0 fully saturated rings. The van der Waals surface area contributed by atoms with Crippen molar-refractivity contribution in [2.75, 3.05) is 13.2 Å². The molecule has 0 bridgehead atoms. The smallest absolute Gasteiger partial charge is 0.165 e. The molecular formula is C24H26N2O2. The molecule has 28 heavy (non-hydrogen) atoms. The number of rotatable bonds is 4. The van der Waals surface area contributed by atoms with Crippen molar-refractivity contribution in [3.63, 3.8) is 0 Å². The van der Waals surface area contributed by atoms with Crippen molar-refractivity contribution < 1.29 is 9.84 Å². The molecule has 0 atom stereocenters. The van der Waals surface area contributed by atoms with E-state index in [1.165, 1.54) is 11.1 Å². The van der Waals surface area contributed by atoms with E-state index in [9.17, 15) is 5.11 Å². The molecule has 0 saturated carbocycles. The zero-order valence-electron chi connectivity index (χ0n) is 16.4. The van der Waals surface area contributed by atoms with Crippen LogP contribution in [0.3, 0.4) is 0 Å². The number of benzene rings is 2. The lowest BCUT2D eigenvalue weighted by atomic mass is 10.0. The number of pyridine rings is 1. The number of hydrogen-bond donors (Lipinski definition) is 1. The lowest BCUT2D eigenvalue weighted by Gasteiger charge is -2.20. The summed E-state index contributed by atoms with van der Waals surface area (Å²) in [7, 11) is 0. The van der Waals surface area contributed by atoms with E-state index in [0.29, 0.717) is 18.3 Å². The number of phenolic OH excluding ortho intramolecular Hbond substituents is 1. The van der Waals surface area contributed by atoms with Crippen molar-refractivity contribution in [1.29, 1.82) is 0 Å². The molecule has 1 aromatic heterocycles. The van der Waals surface area contributed by atoms with Crippen LogP contribution in [0.2, 0.25) is 0 Å². The van der Waals surface area contributed by atoms with Crippen molar-refractivity contribution in [2.45, 2.75) is 32.9 Å². The van der Waals surface area contributed by atoms with E-state index in [1.807, 2.05) is 18.3 Å². The number of hydrogen-bond acceptors (Lipinski definition) is 4. The third-order valence-electron chi connectivity index (χ3n) is 5.24. The minimum Gasteiger partial charge on any atom is -0.504 e. The van der Waals surface area contributed by atoms with E-state index in [0.717, 1.165) is 36.3 Å². The predicted octanol–water partition coefficient (Wildman–Crippen LogP) is 4.97. The quantitative estimate of drug-likeness (QED) is 0.700. The fourth-order valence-corrected chi connectivity index (χ4v) is 3.65. The molecule has 0 radical (unpaired) electrons. The van der Waals surface area contributed by atoms with E-state index in [4.69, 9.17) is 4.74 Å². The molecule has 2 heterocycles. The number of fused-ring (bicyclic) bond motifs is 1. The first-order valence-corrected chi connectivity index (χ1v) is 9.80. The number of ether oxygens (including phenoxy) is 1. The van der Waals surface area contributed by atoms with Crippen molar-refractivity contribution in [3.8, 4) is 22.6 Å². The molecule has 1 aliphatic rings. The van der Waals surface area contributed by atoms with Gasteiger partial charge in [0.05, 0.1) is 0 Å². The predicted molar refractivity (Wildman–Crippen MR) is 111 cm³/mol. The summed E-state index contributed by atoms with van der Waals surface area (Å²) in [6.45, 7) is 7.41. The summed E-state index contributed by atoms with van der Waals surface area (Å²) in [6.07, 6.45) is 3.56. The second-order valence-corrected chi connectivity index (χ2v) is 7.68. The molecule has 144 valence electrons. The molecule has 2 aromatic carbocycles. The number of nitrogens with zero attached hydrogens (tertiary/aromatic N) is 2. The standard InChI is InChI=1S/C24H26N2O2/c1-17(2)19-7-5-18(6-8-19)15-26-10-11-28-24-22(16-26)12-21(13-23(24)27)20-4-3-9-25-14-20/h3-9,12-14,17,27H,10-11,15-16H2,1-2H3. The van der Waals surface area contributed by atoms with Gasteiger partial charge in [-0.1, -0.05) is 44.2 Å². The molecule has 1 N–H and O–H groups in total. The van der Waals surface area contributed by atoms with Crippen LogP contribution in [0.15, 0.2) is 60.9 Å². The summed E-state index contributed by atoms with van der Waals surface area (Å²) < 4.78 is 5.88. The number of phenols is 1. The molecule has 0 saturated heterocycles. The van der Waals surface area contributed by atoms with E-state index in [1.54, 1.807) is 12.3 Å². The van der Waals surface area contributed by atoms with E-state index < -0.39 is 0 Å². The Morgan fingerprint density at radius 3 is 2.64 bits per heavy atom. The van der Waals surface area contributed by atoms with Crippen LogP contribution in [0, 0.1) is 0 Å². The van der Waals surface area contributed by atoms with Gasteiger partial charge in [-0.3, -0.25) is 9.88 Å². The Labute approximate surface area is 166 Å². The lowest BCUT2D eigenvalue weighted by molar-refractivity contribution is 0.217. The summed E-state index contributed by atoms with van der Waals surface area (Å²) in [5.74, 6) is 1.34. The van der Waals surface area contributed by atoms with Gasteiger partial charge in [0.1, 0.15) is 6.61 Å². The normalized spacial score (nSPS) is 14.4. The highest BCUT2D eigenvalue weighted by Crippen LogP contribution is 2.37. The van der Waals surface area contributed by atoms with Crippen LogP contribution in [0.5, 0.6) is 11.5 Å². The van der Waals surface area contributed by atoms with Gasteiger partial charge in [0.2, 0.25) is 0 Å². The zero-order chi connectivity index (χ0) is 19.5. The van der Waals surface area contributed by atoms with Gasteiger partial charge in [-0.25, -0.2) is 0 Å². The summed E-state index contributed by atoms with van der Waals surface area (Å²) >= 11 is 0. The molecule has 4 heteroatoms. The largest absolute Gasteiger partial charge is 0.504 e. The molecule has 3 aromatic rings. The first kappa shape index (κ1) is 18.5. The highest BCUT2D eigenvalue weighted by Gasteiger charge is 2.20. The van der Waals surface area contributed by atoms with Crippen LogP contribution in [0.1, 0.15) is 36.5 Å². The lowest BCUT2D eigenvalue weighted by Crippen LogP contribution is -2.25. The third-order valence-corrected chi connectivity index (χ3v) is 5.24. The second kappa shape index (κ2) is 8.03. The second-order valence-electron chi connectivity index (χ2n) is 7.68. The van der Waals surface area contributed by atoms with E-state index in [2.05, 4.69) is 54.1 Å². The summed E-state index contributed by atoms with van der Waals surface area (Å²) in [5.41, 5.74) is 5.60. The van der Waals surface area contributed by atoms with Gasteiger partial charge in [0.25, 0.3) is 0 Å². The SMILES string of the molecule is CC(C)c1ccc(CN2CCOc3c(O)cc(-c4cccnc4)cc3C2)cc1. The zero-order valence-corrected chi connectivity index (χ0v) is 16.4. The van der Waals surface area contributed by atoms with Gasteiger partial charge in [-0.2, -0.15) is 0 Å². The average molecular weight is 374 g/mol. The van der Waals surface area contributed by atoms with Crippen LogP contribution >= 0.6 is 0 Å². The molecule has 1 aliphatic heterocycles. The molecule has 0 amide bonds. The Kier molecular flexibility index (Phi) is 5.31. The topological polar surface area (TPSA) is 45.6 Å². The van der Waals surface area contributed by atoms with Crippen molar-refractivity contribution in [1.82, 2.24) is 9.88 Å². The van der Waals surface area contributed by atoms with Crippen LogP contribution in [-0.2, 0) is 13.1 Å². The van der Waals surface area contributed by atoms with Crippen LogP contribution < -0.4 is 4.74 Å². The van der Waals surface area contributed by atoms with Gasteiger partial charge >= 0.3 is 0 Å². The van der Waals surface area contributed by atoms with E-state index in [-0.39, 0.29) is 5.75 Å². The first-order chi connectivity index (χ1) is 13.6.